The van der Waals surface area contributed by atoms with Crippen molar-refractivity contribution in [1.29, 1.82) is 0 Å². The van der Waals surface area contributed by atoms with E-state index >= 15 is 0 Å². The lowest BCUT2D eigenvalue weighted by Crippen LogP contribution is -2.35. The Morgan fingerprint density at radius 3 is 2.61 bits per heavy atom. The maximum Gasteiger partial charge on any atom is 0.0860 e. The lowest BCUT2D eigenvalue weighted by Gasteiger charge is -2.28. The van der Waals surface area contributed by atoms with E-state index < -0.39 is 0 Å². The summed E-state index contributed by atoms with van der Waals surface area (Å²) < 4.78 is 1.92. The normalized spacial score (nSPS) is 16.9. The Morgan fingerprint density at radius 1 is 1.44 bits per heavy atom. The summed E-state index contributed by atoms with van der Waals surface area (Å²) in [7, 11) is 1.98. The Hall–Kier alpha value is -0.0600. The minimum absolute atomic E-state index is 0.717. The van der Waals surface area contributed by atoms with Gasteiger partial charge in [0.1, 0.15) is 0 Å². The lowest BCUT2D eigenvalue weighted by molar-refractivity contribution is 0.198. The van der Waals surface area contributed by atoms with Crippen LogP contribution in [-0.2, 0) is 13.6 Å². The molecule has 1 heterocycles. The highest BCUT2D eigenvalue weighted by Crippen LogP contribution is 2.27. The summed E-state index contributed by atoms with van der Waals surface area (Å²) >= 11 is 9.90. The van der Waals surface area contributed by atoms with Gasteiger partial charge in [-0.05, 0) is 19.8 Å². The van der Waals surface area contributed by atoms with Crippen LogP contribution >= 0.6 is 27.5 Å². The molecule has 0 radical (unpaired) electrons. The third-order valence-electron chi connectivity index (χ3n) is 3.83. The average Bonchev–Trinajstić information content (AvgIpc) is 2.93. The van der Waals surface area contributed by atoms with Crippen LogP contribution in [0.3, 0.4) is 0 Å². The summed E-state index contributed by atoms with van der Waals surface area (Å²) in [5.41, 5.74) is 2.07. The van der Waals surface area contributed by atoms with Crippen molar-refractivity contribution in [3.8, 4) is 0 Å². The molecule has 0 atom stereocenters. The standard InChI is InChI=1S/C13H21BrClN3/c1-10-13(15)12(17(2)16-10)9-18(8-7-14)11-5-3-4-6-11/h11H,3-9H2,1-2H3. The highest BCUT2D eigenvalue weighted by molar-refractivity contribution is 9.09. The summed E-state index contributed by atoms with van der Waals surface area (Å²) in [4.78, 5) is 2.55. The van der Waals surface area contributed by atoms with Gasteiger partial charge in [0, 0.05) is 31.5 Å². The van der Waals surface area contributed by atoms with Gasteiger partial charge in [0.2, 0.25) is 0 Å². The molecule has 1 saturated carbocycles. The van der Waals surface area contributed by atoms with Gasteiger partial charge in [-0.15, -0.1) is 0 Å². The molecule has 2 rings (SSSR count). The van der Waals surface area contributed by atoms with Crippen molar-refractivity contribution in [3.05, 3.63) is 16.4 Å². The monoisotopic (exact) mass is 333 g/mol. The predicted octanol–water partition coefficient (Wildman–Crippen LogP) is 3.52. The van der Waals surface area contributed by atoms with E-state index in [0.29, 0.717) is 6.04 Å². The van der Waals surface area contributed by atoms with E-state index in [1.165, 1.54) is 25.7 Å². The van der Waals surface area contributed by atoms with E-state index in [1.807, 2.05) is 18.7 Å². The Morgan fingerprint density at radius 2 is 2.11 bits per heavy atom. The molecule has 102 valence electrons. The van der Waals surface area contributed by atoms with Crippen molar-refractivity contribution in [3.63, 3.8) is 0 Å². The van der Waals surface area contributed by atoms with Crippen molar-refractivity contribution < 1.29 is 0 Å². The second-order valence-corrected chi connectivity index (χ2v) is 6.24. The van der Waals surface area contributed by atoms with Crippen LogP contribution in [0.4, 0.5) is 0 Å². The van der Waals surface area contributed by atoms with Gasteiger partial charge >= 0.3 is 0 Å². The topological polar surface area (TPSA) is 21.1 Å². The summed E-state index contributed by atoms with van der Waals surface area (Å²) in [6.07, 6.45) is 5.37. The van der Waals surface area contributed by atoms with E-state index in [4.69, 9.17) is 11.6 Å². The van der Waals surface area contributed by atoms with Crippen LogP contribution in [0.25, 0.3) is 0 Å². The Labute approximate surface area is 123 Å². The number of hydrogen-bond donors (Lipinski definition) is 0. The fourth-order valence-corrected chi connectivity index (χ4v) is 3.49. The van der Waals surface area contributed by atoms with Crippen molar-refractivity contribution in [2.75, 3.05) is 11.9 Å². The summed E-state index contributed by atoms with van der Waals surface area (Å²) in [5, 5.41) is 6.24. The van der Waals surface area contributed by atoms with Crippen molar-refractivity contribution in [2.24, 2.45) is 7.05 Å². The van der Waals surface area contributed by atoms with E-state index in [9.17, 15) is 0 Å². The van der Waals surface area contributed by atoms with Crippen LogP contribution in [0, 0.1) is 6.92 Å². The fourth-order valence-electron chi connectivity index (χ4n) is 2.81. The average molecular weight is 335 g/mol. The molecule has 1 aliphatic rings. The zero-order valence-corrected chi connectivity index (χ0v) is 13.5. The third-order valence-corrected chi connectivity index (χ3v) is 4.67. The molecule has 0 bridgehead atoms. The summed E-state index contributed by atoms with van der Waals surface area (Å²) in [6.45, 7) is 3.95. The number of rotatable bonds is 5. The van der Waals surface area contributed by atoms with Crippen LogP contribution < -0.4 is 0 Å². The van der Waals surface area contributed by atoms with Crippen molar-refractivity contribution >= 4 is 27.5 Å². The zero-order chi connectivity index (χ0) is 13.1. The first-order valence-corrected chi connectivity index (χ1v) is 8.11. The molecule has 1 aromatic heterocycles. The number of aryl methyl sites for hydroxylation is 2. The highest BCUT2D eigenvalue weighted by Gasteiger charge is 2.24. The van der Waals surface area contributed by atoms with E-state index in [2.05, 4.69) is 25.9 Å². The largest absolute Gasteiger partial charge is 0.294 e. The molecule has 0 amide bonds. The fraction of sp³-hybridized carbons (Fsp3) is 0.769. The highest BCUT2D eigenvalue weighted by atomic mass is 79.9. The molecule has 0 saturated heterocycles. The lowest BCUT2D eigenvalue weighted by atomic mass is 10.2. The van der Waals surface area contributed by atoms with Gasteiger partial charge in [-0.1, -0.05) is 40.4 Å². The molecule has 0 unspecified atom stereocenters. The van der Waals surface area contributed by atoms with E-state index in [-0.39, 0.29) is 0 Å². The number of aromatic nitrogens is 2. The Balaban J connectivity index is 2.12. The minimum atomic E-state index is 0.717. The van der Waals surface area contributed by atoms with Crippen LogP contribution in [0.1, 0.15) is 37.1 Å². The summed E-state index contributed by atoms with van der Waals surface area (Å²) in [6, 6.07) is 0.717. The molecule has 0 aliphatic heterocycles. The molecule has 1 aromatic rings. The van der Waals surface area contributed by atoms with Gasteiger partial charge in [-0.25, -0.2) is 0 Å². The van der Waals surface area contributed by atoms with Crippen molar-refractivity contribution in [1.82, 2.24) is 14.7 Å². The van der Waals surface area contributed by atoms with E-state index in [1.54, 1.807) is 0 Å². The first-order chi connectivity index (χ1) is 8.63. The molecule has 0 N–H and O–H groups in total. The number of halogens is 2. The second kappa shape index (κ2) is 6.40. The smallest absolute Gasteiger partial charge is 0.0860 e. The van der Waals surface area contributed by atoms with Crippen LogP contribution in [0.5, 0.6) is 0 Å². The molecule has 3 nitrogen and oxygen atoms in total. The van der Waals surface area contributed by atoms with Crippen LogP contribution in [0.2, 0.25) is 5.02 Å². The molecule has 1 fully saturated rings. The molecular formula is C13H21BrClN3. The molecular weight excluding hydrogens is 314 g/mol. The maximum atomic E-state index is 6.34. The first kappa shape index (κ1) is 14.4. The quantitative estimate of drug-likeness (QED) is 0.768. The SMILES string of the molecule is Cc1nn(C)c(CN(CCBr)C2CCCC2)c1Cl. The number of nitrogens with zero attached hydrogens (tertiary/aromatic N) is 3. The second-order valence-electron chi connectivity index (χ2n) is 5.07. The molecule has 5 heteroatoms. The molecule has 18 heavy (non-hydrogen) atoms. The Bertz CT molecular complexity index is 399. The van der Waals surface area contributed by atoms with Crippen molar-refractivity contribution in [2.45, 2.75) is 45.2 Å². The number of hydrogen-bond acceptors (Lipinski definition) is 2. The molecule has 0 spiro atoms. The molecule has 1 aliphatic carbocycles. The van der Waals surface area contributed by atoms with Crippen LogP contribution in [-0.4, -0.2) is 32.6 Å². The number of alkyl halides is 1. The van der Waals surface area contributed by atoms with Gasteiger partial charge in [-0.3, -0.25) is 9.58 Å². The van der Waals surface area contributed by atoms with Crippen LogP contribution in [0.15, 0.2) is 0 Å². The zero-order valence-electron chi connectivity index (χ0n) is 11.1. The van der Waals surface area contributed by atoms with Gasteiger partial charge in [0.25, 0.3) is 0 Å². The first-order valence-electron chi connectivity index (χ1n) is 6.61. The van der Waals surface area contributed by atoms with Gasteiger partial charge in [0.15, 0.2) is 0 Å². The van der Waals surface area contributed by atoms with Gasteiger partial charge in [-0.2, -0.15) is 5.10 Å². The molecule has 0 aromatic carbocycles. The van der Waals surface area contributed by atoms with Gasteiger partial charge < -0.3 is 0 Å². The third kappa shape index (κ3) is 3.09. The summed E-state index contributed by atoms with van der Waals surface area (Å²) in [5.74, 6) is 0. The Kier molecular flexibility index (Phi) is 5.10. The van der Waals surface area contributed by atoms with E-state index in [0.717, 1.165) is 34.8 Å². The maximum absolute atomic E-state index is 6.34. The predicted molar refractivity (Wildman–Crippen MR) is 79.4 cm³/mol. The van der Waals surface area contributed by atoms with Gasteiger partial charge in [0.05, 0.1) is 16.4 Å². The minimum Gasteiger partial charge on any atom is -0.294 e.